The van der Waals surface area contributed by atoms with Gasteiger partial charge in [-0.25, -0.2) is 0 Å². The highest BCUT2D eigenvalue weighted by Crippen LogP contribution is 2.51. The molecule has 4 aromatic rings. The number of rotatable bonds is 1. The third kappa shape index (κ3) is 2.24. The fourth-order valence-corrected chi connectivity index (χ4v) is 3.88. The van der Waals surface area contributed by atoms with Crippen LogP contribution in [0.5, 0.6) is 11.5 Å². The molecule has 0 unspecified atom stereocenters. The molecule has 120 valence electrons. The topological polar surface area (TPSA) is 12.5 Å². The largest absolute Gasteiger partial charge is 0.453 e. The molecule has 2 nitrogen and oxygen atoms in total. The van der Waals surface area contributed by atoms with Crippen LogP contribution in [0.4, 0.5) is 17.1 Å². The molecule has 0 bridgehead atoms. The van der Waals surface area contributed by atoms with Gasteiger partial charge in [0, 0.05) is 9.86 Å². The van der Waals surface area contributed by atoms with Crippen LogP contribution in [0.1, 0.15) is 0 Å². The van der Waals surface area contributed by atoms with Crippen LogP contribution in [0.15, 0.2) is 89.4 Å². The van der Waals surface area contributed by atoms with Crippen molar-refractivity contribution in [3.05, 3.63) is 89.4 Å². The number of fused-ring (bicyclic) bond motifs is 3. The second-order valence-corrected chi connectivity index (χ2v) is 6.84. The third-order valence-electron chi connectivity index (χ3n) is 4.52. The smallest absolute Gasteiger partial charge is 0.151 e. The summed E-state index contributed by atoms with van der Waals surface area (Å²) in [7, 11) is 0. The summed E-state index contributed by atoms with van der Waals surface area (Å²) in [5.41, 5.74) is 3.24. The summed E-state index contributed by atoms with van der Waals surface area (Å²) in [5.74, 6) is 1.74. The highest BCUT2D eigenvalue weighted by molar-refractivity contribution is 9.10. The molecular weight excluding hydrogens is 374 g/mol. The number of ether oxygens (including phenoxy) is 1. The molecule has 0 aromatic heterocycles. The summed E-state index contributed by atoms with van der Waals surface area (Å²) in [6.07, 6.45) is 0. The van der Waals surface area contributed by atoms with E-state index in [0.717, 1.165) is 33.0 Å². The zero-order valence-electron chi connectivity index (χ0n) is 13.3. The summed E-state index contributed by atoms with van der Waals surface area (Å²) in [6.45, 7) is 0. The monoisotopic (exact) mass is 387 g/mol. The molecule has 4 aromatic carbocycles. The number of hydrogen-bond donors (Lipinski definition) is 0. The lowest BCUT2D eigenvalue weighted by atomic mass is 10.1. The van der Waals surface area contributed by atoms with Crippen molar-refractivity contribution in [3.8, 4) is 11.5 Å². The first-order valence-electron chi connectivity index (χ1n) is 8.16. The van der Waals surface area contributed by atoms with Crippen molar-refractivity contribution in [2.75, 3.05) is 4.90 Å². The molecule has 0 N–H and O–H groups in total. The van der Waals surface area contributed by atoms with Crippen LogP contribution in [-0.2, 0) is 0 Å². The Kier molecular flexibility index (Phi) is 3.28. The molecule has 0 fully saturated rings. The highest BCUT2D eigenvalue weighted by atomic mass is 79.9. The van der Waals surface area contributed by atoms with Gasteiger partial charge < -0.3 is 9.64 Å². The fourth-order valence-electron chi connectivity index (χ4n) is 3.41. The molecule has 0 saturated heterocycles. The van der Waals surface area contributed by atoms with Gasteiger partial charge in [0.15, 0.2) is 11.5 Å². The van der Waals surface area contributed by atoms with Crippen molar-refractivity contribution >= 4 is 43.8 Å². The maximum atomic E-state index is 6.11. The molecule has 1 aliphatic rings. The first-order valence-corrected chi connectivity index (χ1v) is 8.95. The van der Waals surface area contributed by atoms with Crippen molar-refractivity contribution in [1.29, 1.82) is 0 Å². The van der Waals surface area contributed by atoms with Crippen LogP contribution in [0.3, 0.4) is 0 Å². The Balaban J connectivity index is 1.85. The minimum Gasteiger partial charge on any atom is -0.453 e. The lowest BCUT2D eigenvalue weighted by Crippen LogP contribution is -2.15. The Morgan fingerprint density at radius 2 is 1.12 bits per heavy atom. The van der Waals surface area contributed by atoms with Gasteiger partial charge in [-0.2, -0.15) is 0 Å². The zero-order chi connectivity index (χ0) is 16.8. The number of benzene rings is 4. The van der Waals surface area contributed by atoms with Crippen molar-refractivity contribution in [2.45, 2.75) is 0 Å². The van der Waals surface area contributed by atoms with Gasteiger partial charge >= 0.3 is 0 Å². The van der Waals surface area contributed by atoms with Gasteiger partial charge in [-0.1, -0.05) is 64.5 Å². The maximum Gasteiger partial charge on any atom is 0.151 e. The van der Waals surface area contributed by atoms with Gasteiger partial charge in [0.1, 0.15) is 0 Å². The molecule has 0 spiro atoms. The van der Waals surface area contributed by atoms with E-state index in [-0.39, 0.29) is 0 Å². The van der Waals surface area contributed by atoms with E-state index in [4.69, 9.17) is 4.74 Å². The number of nitrogens with zero attached hydrogens (tertiary/aromatic N) is 1. The molecule has 0 radical (unpaired) electrons. The molecule has 1 heterocycles. The summed E-state index contributed by atoms with van der Waals surface area (Å²) in [5, 5.41) is 2.39. The lowest BCUT2D eigenvalue weighted by Gasteiger charge is -2.33. The molecule has 25 heavy (non-hydrogen) atoms. The van der Waals surface area contributed by atoms with Crippen molar-refractivity contribution in [1.82, 2.24) is 0 Å². The minimum atomic E-state index is 0.869. The first kappa shape index (κ1) is 14.6. The number of halogens is 1. The number of anilines is 3. The van der Waals surface area contributed by atoms with Crippen LogP contribution in [0.25, 0.3) is 10.8 Å². The average molecular weight is 388 g/mol. The van der Waals surface area contributed by atoms with Crippen molar-refractivity contribution in [3.63, 3.8) is 0 Å². The van der Waals surface area contributed by atoms with Crippen LogP contribution in [0.2, 0.25) is 0 Å². The van der Waals surface area contributed by atoms with Crippen LogP contribution in [-0.4, -0.2) is 0 Å². The van der Waals surface area contributed by atoms with E-state index in [1.807, 2.05) is 36.4 Å². The minimum absolute atomic E-state index is 0.869. The molecule has 0 saturated carbocycles. The van der Waals surface area contributed by atoms with Crippen LogP contribution < -0.4 is 9.64 Å². The Labute approximate surface area is 154 Å². The molecule has 0 atom stereocenters. The maximum absolute atomic E-state index is 6.11. The van der Waals surface area contributed by atoms with Crippen molar-refractivity contribution < 1.29 is 4.74 Å². The summed E-state index contributed by atoms with van der Waals surface area (Å²) in [4.78, 5) is 2.28. The molecular formula is C22H14BrNO. The number of para-hydroxylation sites is 4. The van der Waals surface area contributed by atoms with Gasteiger partial charge in [0.25, 0.3) is 0 Å². The summed E-state index contributed by atoms with van der Waals surface area (Å²) in [6, 6.07) is 29.0. The summed E-state index contributed by atoms with van der Waals surface area (Å²) < 4.78 is 7.21. The van der Waals surface area contributed by atoms with E-state index in [2.05, 4.69) is 69.4 Å². The predicted molar refractivity (Wildman–Crippen MR) is 106 cm³/mol. The van der Waals surface area contributed by atoms with E-state index in [1.165, 1.54) is 10.8 Å². The normalized spacial score (nSPS) is 12.4. The van der Waals surface area contributed by atoms with Gasteiger partial charge in [-0.3, -0.25) is 0 Å². The van der Waals surface area contributed by atoms with Crippen LogP contribution in [0, 0.1) is 0 Å². The average Bonchev–Trinajstić information content (AvgIpc) is 2.67. The van der Waals surface area contributed by atoms with Crippen LogP contribution >= 0.6 is 15.9 Å². The molecule has 1 aliphatic heterocycles. The predicted octanol–water partition coefficient (Wildman–Crippen LogP) is 7.18. The first-order chi connectivity index (χ1) is 12.3. The SMILES string of the molecule is Brc1ccc(N2c3ccccc3Oc3ccccc32)c2ccccc12. The van der Waals surface area contributed by atoms with E-state index in [0.29, 0.717) is 0 Å². The highest BCUT2D eigenvalue weighted by Gasteiger charge is 2.26. The van der Waals surface area contributed by atoms with E-state index < -0.39 is 0 Å². The Hall–Kier alpha value is -2.78. The van der Waals surface area contributed by atoms with Gasteiger partial charge in [-0.05, 0) is 41.8 Å². The Morgan fingerprint density at radius 3 is 1.80 bits per heavy atom. The lowest BCUT2D eigenvalue weighted by molar-refractivity contribution is 0.477. The van der Waals surface area contributed by atoms with E-state index >= 15 is 0 Å². The second-order valence-electron chi connectivity index (χ2n) is 5.99. The van der Waals surface area contributed by atoms with Gasteiger partial charge in [0.05, 0.1) is 17.1 Å². The quantitative estimate of drug-likeness (QED) is 0.302. The third-order valence-corrected chi connectivity index (χ3v) is 5.21. The van der Waals surface area contributed by atoms with Gasteiger partial charge in [-0.15, -0.1) is 0 Å². The Morgan fingerprint density at radius 1 is 0.560 bits per heavy atom. The zero-order valence-corrected chi connectivity index (χ0v) is 14.9. The standard InChI is InChI=1S/C22H14BrNO/c23-17-13-14-18(16-8-2-1-7-15(16)17)24-19-9-3-5-11-21(19)25-22-12-6-4-10-20(22)24/h1-14H. The van der Waals surface area contributed by atoms with E-state index in [1.54, 1.807) is 0 Å². The molecule has 3 heteroatoms. The fraction of sp³-hybridized carbons (Fsp3) is 0. The molecule has 0 aliphatic carbocycles. The Bertz CT molecular complexity index is 1060. The van der Waals surface area contributed by atoms with E-state index in [9.17, 15) is 0 Å². The second kappa shape index (κ2) is 5.64. The number of hydrogen-bond acceptors (Lipinski definition) is 2. The summed E-state index contributed by atoms with van der Waals surface area (Å²) >= 11 is 3.68. The molecule has 0 amide bonds. The van der Waals surface area contributed by atoms with Crippen molar-refractivity contribution in [2.24, 2.45) is 0 Å². The van der Waals surface area contributed by atoms with Gasteiger partial charge in [0.2, 0.25) is 0 Å². The molecule has 5 rings (SSSR count).